The number of benzene rings is 1. The molecule has 0 unspecified atom stereocenters. The maximum absolute atomic E-state index is 4.13. The third-order valence-corrected chi connectivity index (χ3v) is 2.76. The highest BCUT2D eigenvalue weighted by Gasteiger charge is 1.99. The van der Waals surface area contributed by atoms with Gasteiger partial charge in [0.15, 0.2) is 0 Å². The van der Waals surface area contributed by atoms with E-state index in [0.29, 0.717) is 0 Å². The van der Waals surface area contributed by atoms with E-state index in [1.54, 1.807) is 18.1 Å². The topological polar surface area (TPSA) is 27.6 Å². The van der Waals surface area contributed by atoms with Gasteiger partial charge in [-0.3, -0.25) is 0 Å². The smallest absolute Gasteiger partial charge is 0.116 e. The maximum Gasteiger partial charge on any atom is 0.116 e. The molecule has 0 aromatic heterocycles. The fourth-order valence-electron chi connectivity index (χ4n) is 1.21. The van der Waals surface area contributed by atoms with Crippen LogP contribution in [-0.4, -0.2) is 17.1 Å². The molecule has 0 bridgehead atoms. The molecule has 0 amide bonds. The first-order valence-electron chi connectivity index (χ1n) is 4.79. The van der Waals surface area contributed by atoms with E-state index in [1.807, 2.05) is 29.3 Å². The number of nitrogens with one attached hydrogen (secondary N) is 1. The Kier molecular flexibility index (Phi) is 3.68. The van der Waals surface area contributed by atoms with Gasteiger partial charge in [-0.25, -0.2) is 0 Å². The van der Waals surface area contributed by atoms with E-state index in [4.69, 9.17) is 0 Å². The third-order valence-electron chi connectivity index (χ3n) is 2.00. The van der Waals surface area contributed by atoms with Gasteiger partial charge in [0.1, 0.15) is 6.34 Å². The molecule has 1 heterocycles. The molecule has 1 aliphatic rings. The predicted molar refractivity (Wildman–Crippen MR) is 65.2 cm³/mol. The van der Waals surface area contributed by atoms with E-state index in [0.717, 1.165) is 12.4 Å². The van der Waals surface area contributed by atoms with Crippen molar-refractivity contribution in [3.63, 3.8) is 0 Å². The van der Waals surface area contributed by atoms with Crippen LogP contribution in [0.3, 0.4) is 0 Å². The van der Waals surface area contributed by atoms with Crippen molar-refractivity contribution in [3.05, 3.63) is 47.5 Å². The molecule has 0 saturated carbocycles. The van der Waals surface area contributed by atoms with Gasteiger partial charge >= 0.3 is 0 Å². The summed E-state index contributed by atoms with van der Waals surface area (Å²) in [5.74, 6) is 0.955. The molecule has 4 heteroatoms. The minimum Gasteiger partial charge on any atom is -0.327 e. The molecule has 3 nitrogen and oxygen atoms in total. The van der Waals surface area contributed by atoms with Crippen LogP contribution in [0.5, 0.6) is 0 Å². The quantitative estimate of drug-likeness (QED) is 0.478. The van der Waals surface area contributed by atoms with Crippen LogP contribution in [0.2, 0.25) is 0 Å². The molecular weight excluding hydrogens is 206 g/mol. The van der Waals surface area contributed by atoms with Gasteiger partial charge in [0.2, 0.25) is 0 Å². The van der Waals surface area contributed by atoms with Gasteiger partial charge in [-0.1, -0.05) is 30.3 Å². The number of hydrogen-bond donors (Lipinski definition) is 1. The van der Waals surface area contributed by atoms with Gasteiger partial charge < -0.3 is 10.3 Å². The van der Waals surface area contributed by atoms with Gasteiger partial charge in [0, 0.05) is 6.20 Å². The van der Waals surface area contributed by atoms with Crippen molar-refractivity contribution in [2.24, 2.45) is 5.10 Å². The van der Waals surface area contributed by atoms with E-state index >= 15 is 0 Å². The number of thioether (sulfide) groups is 1. The lowest BCUT2D eigenvalue weighted by Crippen LogP contribution is -2.14. The van der Waals surface area contributed by atoms with Gasteiger partial charge in [-0.05, 0) is 11.0 Å². The molecular formula is C11H13N3S. The molecule has 78 valence electrons. The second-order valence-corrected chi connectivity index (χ2v) is 4.02. The van der Waals surface area contributed by atoms with E-state index in [-0.39, 0.29) is 0 Å². The monoisotopic (exact) mass is 219 g/mol. The zero-order valence-electron chi connectivity index (χ0n) is 8.34. The van der Waals surface area contributed by atoms with Gasteiger partial charge in [-0.15, -0.1) is 11.8 Å². The predicted octanol–water partition coefficient (Wildman–Crippen LogP) is 2.20. The van der Waals surface area contributed by atoms with E-state index in [1.165, 1.54) is 5.56 Å². The summed E-state index contributed by atoms with van der Waals surface area (Å²) in [5, 5.41) is 6.19. The lowest BCUT2D eigenvalue weighted by atomic mass is 10.2. The summed E-state index contributed by atoms with van der Waals surface area (Å²) in [6.07, 6.45) is 3.82. The fraction of sp³-hybridized carbons (Fsp3) is 0.182. The highest BCUT2D eigenvalue weighted by atomic mass is 32.2. The van der Waals surface area contributed by atoms with Crippen molar-refractivity contribution in [1.82, 2.24) is 10.3 Å². The first-order valence-corrected chi connectivity index (χ1v) is 5.84. The van der Waals surface area contributed by atoms with Crippen LogP contribution in [0, 0.1) is 0 Å². The molecule has 0 aliphatic carbocycles. The molecule has 1 N–H and O–H groups in total. The summed E-state index contributed by atoms with van der Waals surface area (Å²) in [6, 6.07) is 10.2. The van der Waals surface area contributed by atoms with E-state index in [2.05, 4.69) is 28.1 Å². The molecule has 0 fully saturated rings. The van der Waals surface area contributed by atoms with Crippen LogP contribution in [0.1, 0.15) is 5.56 Å². The Morgan fingerprint density at radius 3 is 3.00 bits per heavy atom. The minimum atomic E-state index is 0.766. The van der Waals surface area contributed by atoms with Gasteiger partial charge in [0.25, 0.3) is 0 Å². The number of nitrogens with zero attached hydrogens (tertiary/aromatic N) is 2. The van der Waals surface area contributed by atoms with Crippen LogP contribution < -0.4 is 5.43 Å². The third kappa shape index (κ3) is 3.32. The summed E-state index contributed by atoms with van der Waals surface area (Å²) in [6.45, 7) is 0.766. The van der Waals surface area contributed by atoms with Gasteiger partial charge in [0.05, 0.1) is 12.4 Å². The largest absolute Gasteiger partial charge is 0.327 e. The van der Waals surface area contributed by atoms with Crippen molar-refractivity contribution in [2.45, 2.75) is 6.54 Å². The van der Waals surface area contributed by atoms with E-state index < -0.39 is 0 Å². The molecule has 0 atom stereocenters. The average Bonchev–Trinajstić information content (AvgIpc) is 2.79. The summed E-state index contributed by atoms with van der Waals surface area (Å²) < 4.78 is 0. The summed E-state index contributed by atoms with van der Waals surface area (Å²) in [5.41, 5.74) is 4.25. The Bertz CT molecular complexity index is 348. The second kappa shape index (κ2) is 5.46. The Balaban J connectivity index is 1.72. The van der Waals surface area contributed by atoms with Gasteiger partial charge in [-0.2, -0.15) is 5.10 Å². The standard InChI is InChI=1S/C11H13N3S/c1-2-4-11(5-3-1)8-12-13-9-14-6-7-15-10-14/h1-7,9,12H,8,10H2. The van der Waals surface area contributed by atoms with Crippen molar-refractivity contribution >= 4 is 18.1 Å². The normalized spacial score (nSPS) is 15.1. The first-order chi connectivity index (χ1) is 7.45. The summed E-state index contributed by atoms with van der Waals surface area (Å²) >= 11 is 1.76. The van der Waals surface area contributed by atoms with Crippen LogP contribution in [0.25, 0.3) is 0 Å². The minimum absolute atomic E-state index is 0.766. The van der Waals surface area contributed by atoms with E-state index in [9.17, 15) is 0 Å². The van der Waals surface area contributed by atoms with Crippen LogP contribution >= 0.6 is 11.8 Å². The average molecular weight is 219 g/mol. The summed E-state index contributed by atoms with van der Waals surface area (Å²) in [7, 11) is 0. The van der Waals surface area contributed by atoms with Crippen LogP contribution in [0.4, 0.5) is 0 Å². The Morgan fingerprint density at radius 2 is 2.27 bits per heavy atom. The highest BCUT2D eigenvalue weighted by molar-refractivity contribution is 8.02. The summed E-state index contributed by atoms with van der Waals surface area (Å²) in [4.78, 5) is 2.03. The number of hydrogen-bond acceptors (Lipinski definition) is 3. The lowest BCUT2D eigenvalue weighted by molar-refractivity contribution is 0.664. The van der Waals surface area contributed by atoms with Crippen LogP contribution in [0.15, 0.2) is 47.0 Å². The number of rotatable bonds is 4. The Hall–Kier alpha value is -1.42. The highest BCUT2D eigenvalue weighted by Crippen LogP contribution is 2.12. The molecule has 0 spiro atoms. The second-order valence-electron chi connectivity index (χ2n) is 3.16. The van der Waals surface area contributed by atoms with Crippen LogP contribution in [-0.2, 0) is 6.54 Å². The van der Waals surface area contributed by atoms with Crippen molar-refractivity contribution in [3.8, 4) is 0 Å². The zero-order valence-corrected chi connectivity index (χ0v) is 9.15. The molecule has 1 aromatic carbocycles. The maximum atomic E-state index is 4.13. The molecule has 1 aromatic rings. The molecule has 0 saturated heterocycles. The lowest BCUT2D eigenvalue weighted by Gasteiger charge is -2.06. The Labute approximate surface area is 93.9 Å². The van der Waals surface area contributed by atoms with Crippen molar-refractivity contribution < 1.29 is 0 Å². The SMILES string of the molecule is C1=CN(C=NNCc2ccccc2)CS1. The fourth-order valence-corrected chi connectivity index (χ4v) is 1.87. The molecule has 2 rings (SSSR count). The molecule has 0 radical (unpaired) electrons. The van der Waals surface area contributed by atoms with Crippen molar-refractivity contribution in [2.75, 3.05) is 5.88 Å². The molecule has 15 heavy (non-hydrogen) atoms. The molecule has 1 aliphatic heterocycles. The first kappa shape index (κ1) is 10.1. The Morgan fingerprint density at radius 1 is 1.40 bits per heavy atom. The zero-order chi connectivity index (χ0) is 10.3. The number of hydrazone groups is 1. The van der Waals surface area contributed by atoms with Crippen molar-refractivity contribution in [1.29, 1.82) is 0 Å².